The molecule has 0 fully saturated rings. The summed E-state index contributed by atoms with van der Waals surface area (Å²) in [6, 6.07) is 16.2. The molecule has 0 saturated heterocycles. The predicted molar refractivity (Wildman–Crippen MR) is 105 cm³/mol. The Morgan fingerprint density at radius 2 is 1.76 bits per heavy atom. The van der Waals surface area contributed by atoms with Crippen LogP contribution in [0.1, 0.15) is 33.1 Å². The average molecular weight is 387 g/mol. The number of amides is 1. The highest BCUT2D eigenvalue weighted by atomic mass is 16.5. The van der Waals surface area contributed by atoms with Crippen LogP contribution < -0.4 is 5.32 Å². The lowest BCUT2D eigenvalue weighted by atomic mass is 9.98. The smallest absolute Gasteiger partial charge is 0.407 e. The van der Waals surface area contributed by atoms with E-state index in [1.165, 1.54) is 6.20 Å². The molecule has 0 atom stereocenters. The number of rotatable bonds is 4. The molecule has 1 aromatic heterocycles. The number of aromatic amines is 1. The first-order valence-corrected chi connectivity index (χ1v) is 8.99. The number of carboxylic acid groups (broad SMARTS) is 1. The van der Waals surface area contributed by atoms with E-state index in [-0.39, 0.29) is 30.3 Å². The molecule has 1 heterocycles. The number of nitrogens with zero attached hydrogens (tertiary/aromatic N) is 1. The van der Waals surface area contributed by atoms with Crippen LogP contribution in [0, 0.1) is 11.8 Å². The zero-order chi connectivity index (χ0) is 20.2. The fraction of sp³-hybridized carbons (Fsp3) is 0.136. The third kappa shape index (κ3) is 3.69. The lowest BCUT2D eigenvalue weighted by Crippen LogP contribution is -2.26. The summed E-state index contributed by atoms with van der Waals surface area (Å²) in [5.41, 5.74) is 4.78. The Labute approximate surface area is 166 Å². The van der Waals surface area contributed by atoms with E-state index in [0.717, 1.165) is 22.3 Å². The van der Waals surface area contributed by atoms with Crippen LogP contribution in [0.4, 0.5) is 4.79 Å². The van der Waals surface area contributed by atoms with Crippen LogP contribution >= 0.6 is 0 Å². The van der Waals surface area contributed by atoms with Crippen molar-refractivity contribution < 1.29 is 19.4 Å². The molecular formula is C22H17N3O4. The van der Waals surface area contributed by atoms with E-state index in [1.807, 2.05) is 24.3 Å². The molecule has 144 valence electrons. The number of alkyl carbamates (subject to hydrolysis) is 1. The molecule has 0 saturated carbocycles. The van der Waals surface area contributed by atoms with E-state index in [9.17, 15) is 9.59 Å². The highest BCUT2D eigenvalue weighted by molar-refractivity contribution is 5.88. The minimum Gasteiger partial charge on any atom is -0.476 e. The summed E-state index contributed by atoms with van der Waals surface area (Å²) in [7, 11) is 0. The van der Waals surface area contributed by atoms with Crippen LogP contribution in [0.3, 0.4) is 0 Å². The third-order valence-electron chi connectivity index (χ3n) is 4.74. The Hall–Kier alpha value is -4.05. The second kappa shape index (κ2) is 7.90. The van der Waals surface area contributed by atoms with Crippen molar-refractivity contribution >= 4 is 12.1 Å². The van der Waals surface area contributed by atoms with Crippen molar-refractivity contribution in [2.45, 2.75) is 5.92 Å². The number of nitrogens with one attached hydrogen (secondary N) is 2. The Kier molecular flexibility index (Phi) is 4.99. The number of benzene rings is 2. The standard InChI is InChI=1S/C22H17N3O4/c26-21(27)20-14(12-24-25-20)6-5-11-23-22(28)29-13-19-17-9-3-1-7-15(17)16-8-2-4-10-18(16)19/h1-4,7-10,12,19H,11,13H2,(H,23,28)(H,24,25)(H,26,27). The number of aromatic nitrogens is 2. The zero-order valence-electron chi connectivity index (χ0n) is 15.3. The summed E-state index contributed by atoms with van der Waals surface area (Å²) >= 11 is 0. The first kappa shape index (κ1) is 18.3. The molecule has 0 aliphatic heterocycles. The summed E-state index contributed by atoms with van der Waals surface area (Å²) in [6.07, 6.45) is 0.746. The van der Waals surface area contributed by atoms with E-state index >= 15 is 0 Å². The minimum absolute atomic E-state index is 0.0108. The molecule has 0 unspecified atom stereocenters. The van der Waals surface area contributed by atoms with E-state index < -0.39 is 12.1 Å². The minimum atomic E-state index is -1.14. The molecule has 3 aromatic rings. The molecular weight excluding hydrogens is 370 g/mol. The van der Waals surface area contributed by atoms with Crippen LogP contribution in [-0.2, 0) is 4.74 Å². The highest BCUT2D eigenvalue weighted by Gasteiger charge is 2.28. The van der Waals surface area contributed by atoms with Crippen molar-refractivity contribution in [3.05, 3.63) is 77.1 Å². The van der Waals surface area contributed by atoms with Gasteiger partial charge < -0.3 is 15.2 Å². The summed E-state index contributed by atoms with van der Waals surface area (Å²) in [5.74, 6) is 4.19. The van der Waals surface area contributed by atoms with Gasteiger partial charge in [-0.15, -0.1) is 0 Å². The lowest BCUT2D eigenvalue weighted by Gasteiger charge is -2.14. The summed E-state index contributed by atoms with van der Waals surface area (Å²) in [4.78, 5) is 23.0. The normalized spacial score (nSPS) is 11.7. The van der Waals surface area contributed by atoms with Crippen molar-refractivity contribution in [3.63, 3.8) is 0 Å². The number of fused-ring (bicyclic) bond motifs is 3. The molecule has 2 aromatic carbocycles. The van der Waals surface area contributed by atoms with Gasteiger partial charge in [-0.2, -0.15) is 5.10 Å². The molecule has 7 heteroatoms. The predicted octanol–water partition coefficient (Wildman–Crippen LogP) is 3.00. The number of H-pyrrole nitrogens is 1. The van der Waals surface area contributed by atoms with Crippen LogP contribution in [0.15, 0.2) is 54.7 Å². The van der Waals surface area contributed by atoms with Gasteiger partial charge in [-0.3, -0.25) is 5.10 Å². The number of carboxylic acids is 1. The van der Waals surface area contributed by atoms with Crippen LogP contribution in [0.2, 0.25) is 0 Å². The molecule has 4 rings (SSSR count). The maximum Gasteiger partial charge on any atom is 0.407 e. The average Bonchev–Trinajstić information content (AvgIpc) is 3.33. The Morgan fingerprint density at radius 1 is 1.10 bits per heavy atom. The van der Waals surface area contributed by atoms with Crippen LogP contribution in [0.25, 0.3) is 11.1 Å². The first-order chi connectivity index (χ1) is 14.1. The fourth-order valence-electron chi connectivity index (χ4n) is 3.45. The van der Waals surface area contributed by atoms with Gasteiger partial charge in [0.2, 0.25) is 0 Å². The fourth-order valence-corrected chi connectivity index (χ4v) is 3.45. The van der Waals surface area contributed by atoms with Gasteiger partial charge >= 0.3 is 12.1 Å². The SMILES string of the molecule is O=C(NCC#Cc1cn[nH]c1C(=O)O)OCC1c2ccccc2-c2ccccc21. The van der Waals surface area contributed by atoms with Gasteiger partial charge in [-0.1, -0.05) is 60.4 Å². The van der Waals surface area contributed by atoms with E-state index in [2.05, 4.69) is 51.6 Å². The second-order valence-corrected chi connectivity index (χ2v) is 6.44. The monoisotopic (exact) mass is 387 g/mol. The first-order valence-electron chi connectivity index (χ1n) is 8.99. The highest BCUT2D eigenvalue weighted by Crippen LogP contribution is 2.44. The molecule has 0 radical (unpaired) electrons. The second-order valence-electron chi connectivity index (χ2n) is 6.44. The van der Waals surface area contributed by atoms with Crippen molar-refractivity contribution in [1.82, 2.24) is 15.5 Å². The number of hydrogen-bond donors (Lipinski definition) is 3. The largest absolute Gasteiger partial charge is 0.476 e. The van der Waals surface area contributed by atoms with Gasteiger partial charge in [-0.25, -0.2) is 9.59 Å². The Bertz CT molecular complexity index is 1090. The van der Waals surface area contributed by atoms with E-state index in [1.54, 1.807) is 0 Å². The molecule has 3 N–H and O–H groups in total. The van der Waals surface area contributed by atoms with Crippen molar-refractivity contribution in [2.75, 3.05) is 13.2 Å². The third-order valence-corrected chi connectivity index (χ3v) is 4.74. The molecule has 1 aliphatic rings. The van der Waals surface area contributed by atoms with Crippen molar-refractivity contribution in [1.29, 1.82) is 0 Å². The number of aromatic carboxylic acids is 1. The van der Waals surface area contributed by atoms with Crippen molar-refractivity contribution in [2.24, 2.45) is 0 Å². The Balaban J connectivity index is 1.36. The van der Waals surface area contributed by atoms with Gasteiger partial charge in [0.15, 0.2) is 5.69 Å². The molecule has 1 amide bonds. The maximum atomic E-state index is 12.0. The zero-order valence-corrected chi connectivity index (χ0v) is 15.3. The van der Waals surface area contributed by atoms with E-state index in [4.69, 9.17) is 9.84 Å². The molecule has 29 heavy (non-hydrogen) atoms. The van der Waals surface area contributed by atoms with Crippen LogP contribution in [-0.4, -0.2) is 40.5 Å². The Morgan fingerprint density at radius 3 is 2.41 bits per heavy atom. The van der Waals surface area contributed by atoms with E-state index in [0.29, 0.717) is 0 Å². The van der Waals surface area contributed by atoms with Crippen molar-refractivity contribution in [3.8, 4) is 23.0 Å². The summed E-state index contributed by atoms with van der Waals surface area (Å²) < 4.78 is 5.41. The molecule has 0 bridgehead atoms. The van der Waals surface area contributed by atoms with Gasteiger partial charge in [0.1, 0.15) is 6.61 Å². The topological polar surface area (TPSA) is 104 Å². The summed E-state index contributed by atoms with van der Waals surface area (Å²) in [5, 5.41) is 17.5. The van der Waals surface area contributed by atoms with Gasteiger partial charge in [-0.05, 0) is 22.3 Å². The van der Waals surface area contributed by atoms with Gasteiger partial charge in [0.05, 0.1) is 18.3 Å². The van der Waals surface area contributed by atoms with Gasteiger partial charge in [0, 0.05) is 5.92 Å². The van der Waals surface area contributed by atoms with Crippen LogP contribution in [0.5, 0.6) is 0 Å². The molecule has 1 aliphatic carbocycles. The maximum absolute atomic E-state index is 12.0. The molecule has 0 spiro atoms. The number of hydrogen-bond acceptors (Lipinski definition) is 4. The number of ether oxygens (including phenoxy) is 1. The number of carbonyl (C=O) groups is 2. The van der Waals surface area contributed by atoms with Gasteiger partial charge in [0.25, 0.3) is 0 Å². The number of carbonyl (C=O) groups excluding carboxylic acids is 1. The molecule has 7 nitrogen and oxygen atoms in total. The lowest BCUT2D eigenvalue weighted by molar-refractivity contribution is 0.0690. The quantitative estimate of drug-likeness (QED) is 0.597. The summed E-state index contributed by atoms with van der Waals surface area (Å²) in [6.45, 7) is 0.249.